The number of carbonyl (C=O) groups excluding carboxylic acids is 3. The standard InChI is InChI=1S/C42H52N4O6/c1-9-45(31-12-15-52-41(6,7)22-31)36-21-30(19-32(28(36)5)40(49)43-23-33-35(24-47)44-27(4)18-38(33)50-8)29-10-11-34-37(20-29)46(26(2)3)39(25-48)42(34)13-16-51-17-14-42/h10-11,18-21,26,31,44H,9,12-17,22-23H2,1-8H3,(H,43,49). The summed E-state index contributed by atoms with van der Waals surface area (Å²) in [5, 5.41) is 6.11. The Kier molecular flexibility index (Phi) is 10.6. The Labute approximate surface area is 307 Å². The zero-order valence-electron chi connectivity index (χ0n) is 31.8. The van der Waals surface area contributed by atoms with Gasteiger partial charge in [0.15, 0.2) is 5.94 Å². The normalized spacial score (nSPS) is 20.6. The van der Waals surface area contributed by atoms with Crippen LogP contribution in [-0.2, 0) is 29.2 Å². The van der Waals surface area contributed by atoms with E-state index < -0.39 is 5.41 Å². The predicted molar refractivity (Wildman–Crippen MR) is 204 cm³/mol. The SMILES string of the molecule is CCN(c1cc(-c2ccc3c(c2)N(C(C)C)C(=C=O)C32CCOCC2)cc(C(=O)NCC2=C(OC)C=C(C)NC2=C=O)c1C)C1CCOC(C)(C)C1. The molecule has 6 rings (SSSR count). The highest BCUT2D eigenvalue weighted by atomic mass is 16.5. The van der Waals surface area contributed by atoms with Crippen LogP contribution in [0.3, 0.4) is 0 Å². The molecule has 0 aliphatic carbocycles. The largest absolute Gasteiger partial charge is 0.496 e. The summed E-state index contributed by atoms with van der Waals surface area (Å²) >= 11 is 0. The molecule has 52 heavy (non-hydrogen) atoms. The van der Waals surface area contributed by atoms with E-state index in [1.54, 1.807) is 13.2 Å². The van der Waals surface area contributed by atoms with Gasteiger partial charge in [0.1, 0.15) is 23.1 Å². The first-order chi connectivity index (χ1) is 24.9. The third-order valence-electron chi connectivity index (χ3n) is 11.2. The maximum atomic E-state index is 14.3. The molecule has 2 saturated heterocycles. The van der Waals surface area contributed by atoms with Crippen LogP contribution < -0.4 is 20.4 Å². The Balaban J connectivity index is 1.46. The number of benzene rings is 2. The van der Waals surface area contributed by atoms with Crippen LogP contribution >= 0.6 is 0 Å². The van der Waals surface area contributed by atoms with Gasteiger partial charge in [-0.3, -0.25) is 4.79 Å². The first-order valence-electron chi connectivity index (χ1n) is 18.5. The second kappa shape index (κ2) is 14.8. The summed E-state index contributed by atoms with van der Waals surface area (Å²) in [5.74, 6) is 4.54. The molecule has 0 saturated carbocycles. The number of anilines is 2. The van der Waals surface area contributed by atoms with Crippen LogP contribution in [0.5, 0.6) is 0 Å². The summed E-state index contributed by atoms with van der Waals surface area (Å²) in [6.07, 6.45) is 4.99. The quantitative estimate of drug-likeness (QED) is 0.291. The van der Waals surface area contributed by atoms with Crippen molar-refractivity contribution in [1.29, 1.82) is 0 Å². The summed E-state index contributed by atoms with van der Waals surface area (Å²) < 4.78 is 17.4. The van der Waals surface area contributed by atoms with Gasteiger partial charge in [0.2, 0.25) is 0 Å². The molecule has 1 amide bonds. The summed E-state index contributed by atoms with van der Waals surface area (Å²) in [4.78, 5) is 43.4. The predicted octanol–water partition coefficient (Wildman–Crippen LogP) is 6.29. The van der Waals surface area contributed by atoms with Crippen LogP contribution in [0.4, 0.5) is 11.4 Å². The van der Waals surface area contributed by atoms with E-state index in [1.165, 1.54) is 0 Å². The maximum Gasteiger partial charge on any atom is 0.251 e. The van der Waals surface area contributed by atoms with E-state index in [0.29, 0.717) is 42.4 Å². The highest BCUT2D eigenvalue weighted by Crippen LogP contribution is 2.54. The van der Waals surface area contributed by atoms with Crippen molar-refractivity contribution in [2.24, 2.45) is 0 Å². The van der Waals surface area contributed by atoms with Gasteiger partial charge in [-0.05, 0) is 121 Å². The highest BCUT2D eigenvalue weighted by molar-refractivity contribution is 5.99. The fraction of sp³-hybridized carbons (Fsp3) is 0.500. The number of methoxy groups -OCH3 is 1. The van der Waals surface area contributed by atoms with Gasteiger partial charge < -0.3 is 34.6 Å². The lowest BCUT2D eigenvalue weighted by Crippen LogP contribution is -2.46. The van der Waals surface area contributed by atoms with Gasteiger partial charge in [-0.25, -0.2) is 9.59 Å². The molecule has 2 N–H and O–H groups in total. The van der Waals surface area contributed by atoms with E-state index in [9.17, 15) is 14.4 Å². The van der Waals surface area contributed by atoms with E-state index in [2.05, 4.69) is 85.3 Å². The van der Waals surface area contributed by atoms with Crippen LogP contribution in [0.1, 0.15) is 88.7 Å². The number of fused-ring (bicyclic) bond motifs is 2. The molecular formula is C42H52N4O6. The van der Waals surface area contributed by atoms with Gasteiger partial charge >= 0.3 is 0 Å². The van der Waals surface area contributed by atoms with Crippen LogP contribution in [0.2, 0.25) is 0 Å². The number of nitrogens with zero attached hydrogens (tertiary/aromatic N) is 2. The third-order valence-corrected chi connectivity index (χ3v) is 11.2. The molecule has 4 heterocycles. The second-order valence-electron chi connectivity index (χ2n) is 15.2. The summed E-state index contributed by atoms with van der Waals surface area (Å²) in [5.41, 5.74) is 7.88. The van der Waals surface area contributed by atoms with Crippen molar-refractivity contribution in [2.45, 2.75) is 97.2 Å². The molecule has 1 spiro atoms. The summed E-state index contributed by atoms with van der Waals surface area (Å²) in [6, 6.07) is 10.9. The van der Waals surface area contributed by atoms with Crippen molar-refractivity contribution >= 4 is 29.2 Å². The van der Waals surface area contributed by atoms with Gasteiger partial charge in [-0.15, -0.1) is 0 Å². The van der Waals surface area contributed by atoms with E-state index >= 15 is 0 Å². The molecule has 4 aliphatic rings. The molecule has 4 aliphatic heterocycles. The average molecular weight is 709 g/mol. The Morgan fingerprint density at radius 3 is 2.48 bits per heavy atom. The topological polar surface area (TPSA) is 109 Å². The van der Waals surface area contributed by atoms with E-state index in [0.717, 1.165) is 71.6 Å². The maximum absolute atomic E-state index is 14.3. The number of dihydropyridines is 1. The smallest absolute Gasteiger partial charge is 0.251 e. The number of ether oxygens (including phenoxy) is 3. The number of allylic oxidation sites excluding steroid dienone is 3. The van der Waals surface area contributed by atoms with E-state index in [4.69, 9.17) is 14.2 Å². The first-order valence-corrected chi connectivity index (χ1v) is 18.5. The van der Waals surface area contributed by atoms with E-state index in [-0.39, 0.29) is 35.8 Å². The highest BCUT2D eigenvalue weighted by Gasteiger charge is 2.50. The minimum Gasteiger partial charge on any atom is -0.496 e. The fourth-order valence-electron chi connectivity index (χ4n) is 8.62. The van der Waals surface area contributed by atoms with Crippen LogP contribution in [0, 0.1) is 6.92 Å². The number of nitrogens with one attached hydrogen (secondary N) is 2. The number of amides is 1. The first kappa shape index (κ1) is 37.2. The molecule has 0 bridgehead atoms. The zero-order chi connectivity index (χ0) is 37.4. The van der Waals surface area contributed by atoms with Crippen molar-refractivity contribution in [3.8, 4) is 11.1 Å². The molecule has 1 atom stereocenters. The lowest BCUT2D eigenvalue weighted by Gasteiger charge is -2.42. The Morgan fingerprint density at radius 1 is 1.10 bits per heavy atom. The van der Waals surface area contributed by atoms with Crippen molar-refractivity contribution in [3.63, 3.8) is 0 Å². The van der Waals surface area contributed by atoms with Gasteiger partial charge in [-0.1, -0.05) is 12.1 Å². The zero-order valence-corrected chi connectivity index (χ0v) is 31.8. The number of hydrogen-bond acceptors (Lipinski definition) is 9. The molecule has 2 aromatic carbocycles. The molecule has 2 aromatic rings. The molecule has 0 radical (unpaired) electrons. The van der Waals surface area contributed by atoms with Crippen LogP contribution in [-0.4, -0.2) is 75.5 Å². The minimum atomic E-state index is -0.428. The van der Waals surface area contributed by atoms with Crippen LogP contribution in [0.15, 0.2) is 64.8 Å². The Morgan fingerprint density at radius 2 is 1.85 bits per heavy atom. The van der Waals surface area contributed by atoms with Gasteiger partial charge in [0, 0.05) is 73.2 Å². The lowest BCUT2D eigenvalue weighted by molar-refractivity contribution is -0.0588. The molecule has 10 heteroatoms. The summed E-state index contributed by atoms with van der Waals surface area (Å²) in [6.45, 7) is 17.1. The fourth-order valence-corrected chi connectivity index (χ4v) is 8.62. The Bertz CT molecular complexity index is 1910. The van der Waals surface area contributed by atoms with Crippen molar-refractivity contribution in [2.75, 3.05) is 49.8 Å². The summed E-state index contributed by atoms with van der Waals surface area (Å²) in [7, 11) is 1.54. The van der Waals surface area contributed by atoms with Crippen molar-refractivity contribution in [3.05, 3.63) is 81.5 Å². The lowest BCUT2D eigenvalue weighted by atomic mass is 9.73. The van der Waals surface area contributed by atoms with E-state index in [1.807, 2.05) is 25.9 Å². The molecule has 2 fully saturated rings. The molecule has 276 valence electrons. The molecular weight excluding hydrogens is 656 g/mol. The number of rotatable bonds is 9. The number of hydrogen-bond donors (Lipinski definition) is 2. The molecule has 0 aromatic heterocycles. The molecule has 1 unspecified atom stereocenters. The number of carbonyl (C=O) groups is 1. The van der Waals surface area contributed by atoms with Gasteiger partial charge in [-0.2, -0.15) is 0 Å². The molecule has 10 nitrogen and oxygen atoms in total. The van der Waals surface area contributed by atoms with Gasteiger partial charge in [0.05, 0.1) is 18.1 Å². The van der Waals surface area contributed by atoms with Crippen molar-refractivity contribution in [1.82, 2.24) is 10.6 Å². The second-order valence-corrected chi connectivity index (χ2v) is 15.2. The minimum absolute atomic E-state index is 0.0413. The Hall–Kier alpha value is -4.59. The van der Waals surface area contributed by atoms with Gasteiger partial charge in [0.25, 0.3) is 5.91 Å². The van der Waals surface area contributed by atoms with Crippen molar-refractivity contribution < 1.29 is 28.6 Å². The third kappa shape index (κ3) is 6.72. The average Bonchev–Trinajstić information content (AvgIpc) is 3.39. The van der Waals surface area contributed by atoms with Crippen LogP contribution in [0.25, 0.3) is 11.1 Å². The monoisotopic (exact) mass is 708 g/mol.